The number of carbonyl (C=O) groups excluding carboxylic acids is 1. The van der Waals surface area contributed by atoms with Crippen LogP contribution in [0.1, 0.15) is 22.8 Å². The lowest BCUT2D eigenvalue weighted by atomic mass is 9.85. The van der Waals surface area contributed by atoms with E-state index in [1.165, 1.54) is 13.0 Å². The highest BCUT2D eigenvalue weighted by molar-refractivity contribution is 6.03. The first kappa shape index (κ1) is 13.4. The van der Waals surface area contributed by atoms with E-state index in [4.69, 9.17) is 5.73 Å². The highest BCUT2D eigenvalue weighted by Gasteiger charge is 2.34. The van der Waals surface area contributed by atoms with E-state index in [0.717, 1.165) is 12.1 Å². The molecular formula is C15H13F2NO. The summed E-state index contributed by atoms with van der Waals surface area (Å²) >= 11 is 0. The molecule has 0 aromatic heterocycles. The summed E-state index contributed by atoms with van der Waals surface area (Å²) in [6.45, 7) is 1.44. The SMILES string of the molecule is CC(N)(C(=O)c1c(F)cccc1F)c1ccccc1. The number of hydrogen-bond donors (Lipinski definition) is 1. The van der Waals surface area contributed by atoms with Gasteiger partial charge >= 0.3 is 0 Å². The molecule has 0 aliphatic carbocycles. The molecule has 1 atom stereocenters. The fraction of sp³-hybridized carbons (Fsp3) is 0.133. The van der Waals surface area contributed by atoms with Crippen molar-refractivity contribution >= 4 is 5.78 Å². The van der Waals surface area contributed by atoms with Gasteiger partial charge in [0.2, 0.25) is 0 Å². The molecule has 0 radical (unpaired) electrons. The van der Waals surface area contributed by atoms with Crippen molar-refractivity contribution in [2.75, 3.05) is 0 Å². The van der Waals surface area contributed by atoms with E-state index in [-0.39, 0.29) is 0 Å². The average molecular weight is 261 g/mol. The Balaban J connectivity index is 2.50. The van der Waals surface area contributed by atoms with Crippen LogP contribution in [0, 0.1) is 11.6 Å². The zero-order valence-electron chi connectivity index (χ0n) is 10.4. The van der Waals surface area contributed by atoms with Gasteiger partial charge < -0.3 is 5.73 Å². The van der Waals surface area contributed by atoms with E-state index in [2.05, 4.69) is 0 Å². The summed E-state index contributed by atoms with van der Waals surface area (Å²) in [6.07, 6.45) is 0. The van der Waals surface area contributed by atoms with E-state index < -0.39 is 28.5 Å². The van der Waals surface area contributed by atoms with E-state index in [0.29, 0.717) is 5.56 Å². The Kier molecular flexibility index (Phi) is 3.44. The maximum atomic E-state index is 13.6. The summed E-state index contributed by atoms with van der Waals surface area (Å²) < 4.78 is 27.3. The number of carbonyl (C=O) groups is 1. The number of hydrogen-bond acceptors (Lipinski definition) is 2. The number of benzene rings is 2. The maximum Gasteiger partial charge on any atom is 0.192 e. The minimum Gasteiger partial charge on any atom is -0.315 e. The Morgan fingerprint density at radius 3 is 2.05 bits per heavy atom. The molecule has 4 heteroatoms. The summed E-state index contributed by atoms with van der Waals surface area (Å²) in [5.41, 5.74) is 4.39. The molecule has 0 bridgehead atoms. The number of nitrogens with two attached hydrogens (primary N) is 1. The fourth-order valence-corrected chi connectivity index (χ4v) is 1.89. The lowest BCUT2D eigenvalue weighted by Gasteiger charge is -2.24. The number of ketones is 1. The smallest absolute Gasteiger partial charge is 0.192 e. The molecule has 0 spiro atoms. The van der Waals surface area contributed by atoms with Crippen LogP contribution in [-0.2, 0) is 5.54 Å². The molecule has 0 aliphatic rings. The highest BCUT2D eigenvalue weighted by Crippen LogP contribution is 2.25. The maximum absolute atomic E-state index is 13.6. The lowest BCUT2D eigenvalue weighted by molar-refractivity contribution is 0.0891. The molecule has 0 amide bonds. The molecule has 2 rings (SSSR count). The van der Waals surface area contributed by atoms with Gasteiger partial charge in [0.25, 0.3) is 0 Å². The monoisotopic (exact) mass is 261 g/mol. The topological polar surface area (TPSA) is 43.1 Å². The van der Waals surface area contributed by atoms with E-state index in [9.17, 15) is 13.6 Å². The predicted molar refractivity (Wildman–Crippen MR) is 68.7 cm³/mol. The molecule has 0 heterocycles. The summed E-state index contributed by atoms with van der Waals surface area (Å²) in [4.78, 5) is 12.3. The third kappa shape index (κ3) is 2.39. The van der Waals surface area contributed by atoms with Gasteiger partial charge in [0, 0.05) is 0 Å². The van der Waals surface area contributed by atoms with Gasteiger partial charge in [-0.3, -0.25) is 4.79 Å². The van der Waals surface area contributed by atoms with Gasteiger partial charge in [-0.25, -0.2) is 8.78 Å². The van der Waals surface area contributed by atoms with Crippen LogP contribution in [0.3, 0.4) is 0 Å². The summed E-state index contributed by atoms with van der Waals surface area (Å²) in [5.74, 6) is -2.59. The lowest BCUT2D eigenvalue weighted by Crippen LogP contribution is -2.42. The molecule has 2 nitrogen and oxygen atoms in total. The second kappa shape index (κ2) is 4.90. The predicted octanol–water partition coefficient (Wildman–Crippen LogP) is 3.02. The van der Waals surface area contributed by atoms with Crippen LogP contribution >= 0.6 is 0 Å². The van der Waals surface area contributed by atoms with Crippen molar-refractivity contribution in [3.8, 4) is 0 Å². The van der Waals surface area contributed by atoms with Crippen molar-refractivity contribution < 1.29 is 13.6 Å². The Hall–Kier alpha value is -2.07. The van der Waals surface area contributed by atoms with Crippen molar-refractivity contribution in [1.29, 1.82) is 0 Å². The normalized spacial score (nSPS) is 13.9. The molecule has 19 heavy (non-hydrogen) atoms. The Bertz CT molecular complexity index is 589. The first-order chi connectivity index (χ1) is 8.94. The van der Waals surface area contributed by atoms with Crippen LogP contribution in [0.5, 0.6) is 0 Å². The van der Waals surface area contributed by atoms with Crippen molar-refractivity contribution in [2.45, 2.75) is 12.5 Å². The second-order valence-electron chi connectivity index (χ2n) is 4.49. The minimum absolute atomic E-state index is 0.502. The van der Waals surface area contributed by atoms with Gasteiger partial charge in [-0.05, 0) is 24.6 Å². The largest absolute Gasteiger partial charge is 0.315 e. The molecule has 2 aromatic rings. The van der Waals surface area contributed by atoms with Crippen LogP contribution in [0.4, 0.5) is 8.78 Å². The Morgan fingerprint density at radius 2 is 1.53 bits per heavy atom. The van der Waals surface area contributed by atoms with Gasteiger partial charge in [-0.1, -0.05) is 36.4 Å². The summed E-state index contributed by atoms with van der Waals surface area (Å²) in [5, 5.41) is 0. The molecular weight excluding hydrogens is 248 g/mol. The third-order valence-corrected chi connectivity index (χ3v) is 3.03. The van der Waals surface area contributed by atoms with Crippen LogP contribution in [0.25, 0.3) is 0 Å². The molecule has 0 saturated carbocycles. The first-order valence-corrected chi connectivity index (χ1v) is 5.78. The number of halogens is 2. The average Bonchev–Trinajstić information content (AvgIpc) is 2.39. The molecule has 1 unspecified atom stereocenters. The van der Waals surface area contributed by atoms with Gasteiger partial charge in [-0.2, -0.15) is 0 Å². The van der Waals surface area contributed by atoms with Crippen molar-refractivity contribution in [3.63, 3.8) is 0 Å². The molecule has 2 aromatic carbocycles. The fourth-order valence-electron chi connectivity index (χ4n) is 1.89. The molecule has 98 valence electrons. The van der Waals surface area contributed by atoms with Crippen LogP contribution in [0.15, 0.2) is 48.5 Å². The highest BCUT2D eigenvalue weighted by atomic mass is 19.1. The Labute approximate surface area is 109 Å². The van der Waals surface area contributed by atoms with Crippen LogP contribution in [-0.4, -0.2) is 5.78 Å². The summed E-state index contributed by atoms with van der Waals surface area (Å²) in [6, 6.07) is 11.8. The second-order valence-corrected chi connectivity index (χ2v) is 4.49. The number of rotatable bonds is 3. The van der Waals surface area contributed by atoms with Crippen molar-refractivity contribution in [2.24, 2.45) is 5.73 Å². The third-order valence-electron chi connectivity index (χ3n) is 3.03. The first-order valence-electron chi connectivity index (χ1n) is 5.78. The molecule has 0 saturated heterocycles. The van der Waals surface area contributed by atoms with Crippen molar-refractivity contribution in [3.05, 3.63) is 71.3 Å². The summed E-state index contributed by atoms with van der Waals surface area (Å²) in [7, 11) is 0. The van der Waals surface area contributed by atoms with Gasteiger partial charge in [0.1, 0.15) is 17.2 Å². The molecule has 0 fully saturated rings. The van der Waals surface area contributed by atoms with E-state index >= 15 is 0 Å². The zero-order chi connectivity index (χ0) is 14.0. The van der Waals surface area contributed by atoms with Crippen molar-refractivity contribution in [1.82, 2.24) is 0 Å². The Morgan fingerprint density at radius 1 is 1.00 bits per heavy atom. The van der Waals surface area contributed by atoms with Gasteiger partial charge in [-0.15, -0.1) is 0 Å². The van der Waals surface area contributed by atoms with E-state index in [1.807, 2.05) is 0 Å². The molecule has 0 aliphatic heterocycles. The van der Waals surface area contributed by atoms with Gasteiger partial charge in [0.05, 0.1) is 5.56 Å². The number of Topliss-reactive ketones (excluding diaryl/α,β-unsaturated/α-hetero) is 1. The zero-order valence-corrected chi connectivity index (χ0v) is 10.4. The molecule has 2 N–H and O–H groups in total. The minimum atomic E-state index is -1.48. The quantitative estimate of drug-likeness (QED) is 0.863. The van der Waals surface area contributed by atoms with Crippen LogP contribution in [0.2, 0.25) is 0 Å². The van der Waals surface area contributed by atoms with E-state index in [1.54, 1.807) is 30.3 Å². The van der Waals surface area contributed by atoms with Crippen LogP contribution < -0.4 is 5.73 Å². The standard InChI is InChI=1S/C15H13F2NO/c1-15(18,10-6-3-2-4-7-10)14(19)13-11(16)8-5-9-12(13)17/h2-9H,18H2,1H3. The van der Waals surface area contributed by atoms with Gasteiger partial charge in [0.15, 0.2) is 5.78 Å².